The van der Waals surface area contributed by atoms with Crippen LogP contribution in [0.4, 0.5) is 0 Å². The molecule has 30 heavy (non-hydrogen) atoms. The summed E-state index contributed by atoms with van der Waals surface area (Å²) in [4.78, 5) is 15.4. The van der Waals surface area contributed by atoms with E-state index in [0.29, 0.717) is 23.8 Å². The molecule has 1 amide bonds. The van der Waals surface area contributed by atoms with Gasteiger partial charge in [0.1, 0.15) is 5.76 Å². The van der Waals surface area contributed by atoms with Gasteiger partial charge in [0.15, 0.2) is 11.5 Å². The van der Waals surface area contributed by atoms with Gasteiger partial charge in [0.25, 0.3) is 0 Å². The molecule has 0 saturated heterocycles. The largest absolute Gasteiger partial charge is 0.493 e. The normalized spacial score (nSPS) is 15.6. The van der Waals surface area contributed by atoms with E-state index in [1.165, 1.54) is 5.56 Å². The highest BCUT2D eigenvalue weighted by atomic mass is 16.5. The van der Waals surface area contributed by atoms with E-state index in [2.05, 4.69) is 17.3 Å². The minimum absolute atomic E-state index is 0.0543. The molecule has 4 rings (SSSR count). The summed E-state index contributed by atoms with van der Waals surface area (Å²) in [6, 6.07) is 13.9. The smallest absolute Gasteiger partial charge is 0.227 e. The van der Waals surface area contributed by atoms with Crippen LogP contribution in [0.1, 0.15) is 39.7 Å². The molecule has 0 N–H and O–H groups in total. The summed E-state index contributed by atoms with van der Waals surface area (Å²) in [7, 11) is 3.27. The van der Waals surface area contributed by atoms with Crippen LogP contribution in [0, 0.1) is 13.8 Å². The average Bonchev–Trinajstić information content (AvgIpc) is 3.09. The maximum absolute atomic E-state index is 13.4. The fourth-order valence-electron chi connectivity index (χ4n) is 4.22. The molecule has 1 aromatic heterocycles. The fourth-order valence-corrected chi connectivity index (χ4v) is 4.22. The Morgan fingerprint density at radius 2 is 1.83 bits per heavy atom. The van der Waals surface area contributed by atoms with E-state index in [-0.39, 0.29) is 18.4 Å². The molecule has 1 atom stereocenters. The molecule has 6 heteroatoms. The number of methoxy groups -OCH3 is 2. The number of aryl methyl sites for hydroxylation is 2. The Kier molecular flexibility index (Phi) is 5.48. The number of carbonyl (C=O) groups is 1. The summed E-state index contributed by atoms with van der Waals surface area (Å²) in [6.45, 7) is 4.35. The van der Waals surface area contributed by atoms with Crippen molar-refractivity contribution >= 4 is 5.91 Å². The molecular formula is C24H26N2O4. The SMILES string of the molecule is COc1cc2c(cc1OC)[C@@H](c1ccccc1)N(C(=O)Cc1c(C)noc1C)CC2. The number of aromatic nitrogens is 1. The van der Waals surface area contributed by atoms with Crippen LogP contribution in [-0.4, -0.2) is 36.7 Å². The number of hydrogen-bond acceptors (Lipinski definition) is 5. The lowest BCUT2D eigenvalue weighted by atomic mass is 9.87. The predicted octanol–water partition coefficient (Wildman–Crippen LogP) is 4.03. The average molecular weight is 406 g/mol. The summed E-state index contributed by atoms with van der Waals surface area (Å²) in [6.07, 6.45) is 1.03. The third kappa shape index (κ3) is 3.54. The van der Waals surface area contributed by atoms with Crippen molar-refractivity contribution in [1.29, 1.82) is 0 Å². The minimum atomic E-state index is -0.192. The van der Waals surface area contributed by atoms with Crippen LogP contribution in [0.3, 0.4) is 0 Å². The second-order valence-electron chi connectivity index (χ2n) is 7.54. The van der Waals surface area contributed by atoms with Crippen molar-refractivity contribution in [2.45, 2.75) is 32.7 Å². The molecule has 0 spiro atoms. The van der Waals surface area contributed by atoms with Crippen molar-refractivity contribution in [3.8, 4) is 11.5 Å². The number of ether oxygens (including phenoxy) is 2. The third-order valence-corrected chi connectivity index (χ3v) is 5.82. The Hall–Kier alpha value is -3.28. The Balaban J connectivity index is 1.77. The highest BCUT2D eigenvalue weighted by Crippen LogP contribution is 2.41. The lowest BCUT2D eigenvalue weighted by molar-refractivity contribution is -0.132. The summed E-state index contributed by atoms with van der Waals surface area (Å²) in [5, 5.41) is 3.99. The van der Waals surface area contributed by atoms with Gasteiger partial charge in [-0.15, -0.1) is 0 Å². The summed E-state index contributed by atoms with van der Waals surface area (Å²) in [5.41, 5.74) is 4.93. The van der Waals surface area contributed by atoms with Crippen molar-refractivity contribution in [2.75, 3.05) is 20.8 Å². The Labute approximate surface area is 176 Å². The quantitative estimate of drug-likeness (QED) is 0.640. The Morgan fingerprint density at radius 3 is 2.47 bits per heavy atom. The van der Waals surface area contributed by atoms with E-state index >= 15 is 0 Å². The minimum Gasteiger partial charge on any atom is -0.493 e. The van der Waals surface area contributed by atoms with Crippen LogP contribution < -0.4 is 9.47 Å². The van der Waals surface area contributed by atoms with E-state index in [4.69, 9.17) is 14.0 Å². The van der Waals surface area contributed by atoms with Crippen molar-refractivity contribution in [3.63, 3.8) is 0 Å². The molecule has 2 aromatic carbocycles. The summed E-state index contributed by atoms with van der Waals surface area (Å²) >= 11 is 0. The van der Waals surface area contributed by atoms with Gasteiger partial charge in [-0.1, -0.05) is 35.5 Å². The molecule has 3 aromatic rings. The second kappa shape index (κ2) is 8.22. The monoisotopic (exact) mass is 406 g/mol. The first-order valence-corrected chi connectivity index (χ1v) is 10.0. The maximum Gasteiger partial charge on any atom is 0.227 e. The zero-order chi connectivity index (χ0) is 21.3. The predicted molar refractivity (Wildman–Crippen MR) is 113 cm³/mol. The fraction of sp³-hybridized carbons (Fsp3) is 0.333. The van der Waals surface area contributed by atoms with Crippen LogP contribution in [0.2, 0.25) is 0 Å². The van der Waals surface area contributed by atoms with E-state index in [0.717, 1.165) is 28.8 Å². The molecule has 0 radical (unpaired) electrons. The van der Waals surface area contributed by atoms with Gasteiger partial charge in [-0.25, -0.2) is 0 Å². The molecular weight excluding hydrogens is 380 g/mol. The number of benzene rings is 2. The Morgan fingerprint density at radius 1 is 1.13 bits per heavy atom. The van der Waals surface area contributed by atoms with E-state index in [1.54, 1.807) is 14.2 Å². The molecule has 0 saturated carbocycles. The molecule has 1 aliphatic rings. The zero-order valence-electron chi connectivity index (χ0n) is 17.8. The van der Waals surface area contributed by atoms with E-state index in [9.17, 15) is 4.79 Å². The number of amides is 1. The topological polar surface area (TPSA) is 64.8 Å². The van der Waals surface area contributed by atoms with Crippen LogP contribution in [0.25, 0.3) is 0 Å². The lowest BCUT2D eigenvalue weighted by Crippen LogP contribution is -2.41. The van der Waals surface area contributed by atoms with Gasteiger partial charge in [0.05, 0.1) is 32.4 Å². The van der Waals surface area contributed by atoms with Gasteiger partial charge in [0.2, 0.25) is 5.91 Å². The van der Waals surface area contributed by atoms with Gasteiger partial charge in [-0.2, -0.15) is 0 Å². The number of fused-ring (bicyclic) bond motifs is 1. The van der Waals surface area contributed by atoms with Gasteiger partial charge in [0, 0.05) is 12.1 Å². The standard InChI is InChI=1S/C24H26N2O4/c1-15-19(16(2)30-25-15)14-23(27)26-11-10-18-12-21(28-3)22(29-4)13-20(18)24(26)17-8-6-5-7-9-17/h5-9,12-13,24H,10-11,14H2,1-4H3/t24-/m1/s1. The first-order valence-electron chi connectivity index (χ1n) is 10.0. The number of carbonyl (C=O) groups excluding carboxylic acids is 1. The van der Waals surface area contributed by atoms with Gasteiger partial charge in [-0.3, -0.25) is 4.79 Å². The molecule has 1 aliphatic heterocycles. The first kappa shape index (κ1) is 20.0. The first-order chi connectivity index (χ1) is 14.5. The number of rotatable bonds is 5. The van der Waals surface area contributed by atoms with Crippen LogP contribution in [0.15, 0.2) is 47.0 Å². The molecule has 0 bridgehead atoms. The van der Waals surface area contributed by atoms with Gasteiger partial charge >= 0.3 is 0 Å². The van der Waals surface area contributed by atoms with Crippen molar-refractivity contribution < 1.29 is 18.8 Å². The molecule has 6 nitrogen and oxygen atoms in total. The number of nitrogens with zero attached hydrogens (tertiary/aromatic N) is 2. The molecule has 0 fully saturated rings. The van der Waals surface area contributed by atoms with Crippen molar-refractivity contribution in [3.05, 3.63) is 76.2 Å². The van der Waals surface area contributed by atoms with Gasteiger partial charge in [-0.05, 0) is 49.1 Å². The van der Waals surface area contributed by atoms with E-state index in [1.807, 2.05) is 49.1 Å². The highest BCUT2D eigenvalue weighted by molar-refractivity contribution is 5.81. The number of hydrogen-bond donors (Lipinski definition) is 0. The van der Waals surface area contributed by atoms with Crippen molar-refractivity contribution in [2.24, 2.45) is 0 Å². The van der Waals surface area contributed by atoms with Gasteiger partial charge < -0.3 is 18.9 Å². The van der Waals surface area contributed by atoms with E-state index < -0.39 is 0 Å². The third-order valence-electron chi connectivity index (χ3n) is 5.82. The summed E-state index contributed by atoms with van der Waals surface area (Å²) in [5.74, 6) is 2.12. The molecule has 156 valence electrons. The maximum atomic E-state index is 13.4. The summed E-state index contributed by atoms with van der Waals surface area (Å²) < 4.78 is 16.3. The Bertz CT molecular complexity index is 1040. The lowest BCUT2D eigenvalue weighted by Gasteiger charge is -2.38. The van der Waals surface area contributed by atoms with Crippen molar-refractivity contribution in [1.82, 2.24) is 10.1 Å². The molecule has 0 unspecified atom stereocenters. The second-order valence-corrected chi connectivity index (χ2v) is 7.54. The molecule has 0 aliphatic carbocycles. The van der Waals surface area contributed by atoms with Crippen LogP contribution >= 0.6 is 0 Å². The molecule has 2 heterocycles. The highest BCUT2D eigenvalue weighted by Gasteiger charge is 2.33. The van der Waals surface area contributed by atoms with Crippen LogP contribution in [-0.2, 0) is 17.6 Å². The van der Waals surface area contributed by atoms with Crippen LogP contribution in [0.5, 0.6) is 11.5 Å². The zero-order valence-corrected chi connectivity index (χ0v) is 17.8.